The molecule has 2 aromatic rings. The molecule has 0 N–H and O–H groups in total. The number of piperidine rings is 1. The van der Waals surface area contributed by atoms with Gasteiger partial charge < -0.3 is 14.4 Å². The molecule has 2 saturated heterocycles. The molecule has 10 heteroatoms. The average molecular weight is 595 g/mol. The number of nitriles is 1. The predicted octanol–water partition coefficient (Wildman–Crippen LogP) is 5.38. The molecule has 2 unspecified atom stereocenters. The van der Waals surface area contributed by atoms with Gasteiger partial charge in [0.05, 0.1) is 19.1 Å². The number of carbonyl (C=O) groups excluding carboxylic acids is 1. The molecule has 2 atom stereocenters. The van der Waals surface area contributed by atoms with Gasteiger partial charge >= 0.3 is 0 Å². The standard InChI is InChI=1S/C31H38N4O4S2/c1-7-11-34-28(33-17-19(2)13-20(3)18-33)23(21(4)24(16-32)29(34)36)15-27-30(37)35(31(40)41-27)12-10-22-8-9-25(38-5)26(14-22)39-6/h8-9,14-15,19-20H,7,10-13,17-18H2,1-6H3/b27-15-. The van der Waals surface area contributed by atoms with Crippen LogP contribution in [0.5, 0.6) is 11.5 Å². The largest absolute Gasteiger partial charge is 0.493 e. The van der Waals surface area contributed by atoms with Gasteiger partial charge in [-0.2, -0.15) is 5.26 Å². The maximum atomic E-state index is 13.7. The molecule has 1 amide bonds. The Labute approximate surface area is 251 Å². The van der Waals surface area contributed by atoms with Gasteiger partial charge in [0.2, 0.25) is 0 Å². The molecule has 1 aromatic carbocycles. The first-order chi connectivity index (χ1) is 19.6. The lowest BCUT2D eigenvalue weighted by Crippen LogP contribution is -2.43. The number of aromatic nitrogens is 1. The highest BCUT2D eigenvalue weighted by Gasteiger charge is 2.34. The van der Waals surface area contributed by atoms with Crippen LogP contribution in [0.2, 0.25) is 0 Å². The normalized spacial score (nSPS) is 20.1. The molecular formula is C31H38N4O4S2. The fraction of sp³-hybridized carbons (Fsp3) is 0.484. The number of hydrogen-bond acceptors (Lipinski definition) is 8. The molecule has 1 aromatic heterocycles. The number of hydrogen-bond donors (Lipinski definition) is 0. The summed E-state index contributed by atoms with van der Waals surface area (Å²) < 4.78 is 13.0. The Kier molecular flexibility index (Phi) is 9.82. The highest BCUT2D eigenvalue weighted by molar-refractivity contribution is 8.26. The van der Waals surface area contributed by atoms with E-state index in [1.54, 1.807) is 30.6 Å². The summed E-state index contributed by atoms with van der Waals surface area (Å²) in [5, 5.41) is 9.93. The Morgan fingerprint density at radius 3 is 2.41 bits per heavy atom. The summed E-state index contributed by atoms with van der Waals surface area (Å²) in [6, 6.07) is 7.84. The van der Waals surface area contributed by atoms with E-state index >= 15 is 0 Å². The zero-order chi connectivity index (χ0) is 29.8. The molecule has 41 heavy (non-hydrogen) atoms. The lowest BCUT2D eigenvalue weighted by molar-refractivity contribution is -0.122. The lowest BCUT2D eigenvalue weighted by Gasteiger charge is -2.39. The van der Waals surface area contributed by atoms with Gasteiger partial charge in [0.15, 0.2) is 11.5 Å². The summed E-state index contributed by atoms with van der Waals surface area (Å²) in [7, 11) is 3.19. The molecular weight excluding hydrogens is 556 g/mol. The van der Waals surface area contributed by atoms with Crippen molar-refractivity contribution in [1.82, 2.24) is 9.47 Å². The van der Waals surface area contributed by atoms with Crippen molar-refractivity contribution in [2.75, 3.05) is 38.8 Å². The molecule has 0 spiro atoms. The number of carbonyl (C=O) groups is 1. The number of methoxy groups -OCH3 is 2. The van der Waals surface area contributed by atoms with E-state index in [0.29, 0.717) is 57.6 Å². The van der Waals surface area contributed by atoms with Crippen molar-refractivity contribution >= 4 is 46.1 Å². The van der Waals surface area contributed by atoms with Crippen LogP contribution in [0, 0.1) is 30.1 Å². The minimum absolute atomic E-state index is 0.121. The number of amides is 1. The predicted molar refractivity (Wildman–Crippen MR) is 169 cm³/mol. The first-order valence-corrected chi connectivity index (χ1v) is 15.2. The van der Waals surface area contributed by atoms with E-state index in [2.05, 4.69) is 24.8 Å². The fourth-order valence-corrected chi connectivity index (χ4v) is 7.14. The molecule has 0 bridgehead atoms. The highest BCUT2D eigenvalue weighted by Crippen LogP contribution is 2.37. The molecule has 3 heterocycles. The second-order valence-corrected chi connectivity index (χ2v) is 12.6. The number of anilines is 1. The maximum absolute atomic E-state index is 13.7. The van der Waals surface area contributed by atoms with Crippen LogP contribution in [0.4, 0.5) is 5.82 Å². The third-order valence-corrected chi connectivity index (χ3v) is 9.06. The molecule has 2 fully saturated rings. The Morgan fingerprint density at radius 1 is 1.12 bits per heavy atom. The van der Waals surface area contributed by atoms with Gasteiger partial charge in [-0.3, -0.25) is 19.1 Å². The summed E-state index contributed by atoms with van der Waals surface area (Å²) in [6.45, 7) is 10.8. The Hall–Kier alpha value is -3.29. The van der Waals surface area contributed by atoms with Crippen molar-refractivity contribution in [3.8, 4) is 17.6 Å². The van der Waals surface area contributed by atoms with E-state index in [1.807, 2.05) is 31.2 Å². The number of benzene rings is 1. The summed E-state index contributed by atoms with van der Waals surface area (Å²) >= 11 is 6.90. The fourth-order valence-electron chi connectivity index (χ4n) is 5.85. The van der Waals surface area contributed by atoms with Gasteiger partial charge in [0.25, 0.3) is 11.5 Å². The molecule has 2 aliphatic heterocycles. The molecule has 4 rings (SSSR count). The second-order valence-electron chi connectivity index (χ2n) is 10.9. The first-order valence-electron chi connectivity index (χ1n) is 14.0. The number of nitrogens with zero attached hydrogens (tertiary/aromatic N) is 4. The number of thiocarbonyl (C=S) groups is 1. The van der Waals surface area contributed by atoms with Crippen molar-refractivity contribution in [3.05, 3.63) is 55.7 Å². The van der Waals surface area contributed by atoms with Crippen molar-refractivity contribution < 1.29 is 14.3 Å². The van der Waals surface area contributed by atoms with E-state index in [4.69, 9.17) is 21.7 Å². The topological polar surface area (TPSA) is 87.8 Å². The van der Waals surface area contributed by atoms with E-state index in [1.165, 1.54) is 11.8 Å². The van der Waals surface area contributed by atoms with Crippen LogP contribution in [-0.4, -0.2) is 53.5 Å². The van der Waals surface area contributed by atoms with E-state index in [9.17, 15) is 14.9 Å². The Bertz CT molecular complexity index is 1470. The number of thioether (sulfide) groups is 1. The van der Waals surface area contributed by atoms with E-state index in [0.717, 1.165) is 42.9 Å². The Balaban J connectivity index is 1.72. The van der Waals surface area contributed by atoms with Crippen LogP contribution in [0.15, 0.2) is 27.9 Å². The number of rotatable bonds is 9. The SMILES string of the molecule is CCCn1c(N2CC(C)CC(C)C2)c(/C=C2\SC(=S)N(CCc3ccc(OC)c(OC)c3)C2=O)c(C)c(C#N)c1=O. The van der Waals surface area contributed by atoms with Crippen LogP contribution >= 0.6 is 24.0 Å². The summed E-state index contributed by atoms with van der Waals surface area (Å²) in [5.74, 6) is 2.83. The minimum Gasteiger partial charge on any atom is -0.493 e. The van der Waals surface area contributed by atoms with Crippen molar-refractivity contribution in [2.24, 2.45) is 11.8 Å². The van der Waals surface area contributed by atoms with Gasteiger partial charge in [-0.05, 0) is 67.4 Å². The van der Waals surface area contributed by atoms with Crippen LogP contribution < -0.4 is 19.9 Å². The quantitative estimate of drug-likeness (QED) is 0.283. The van der Waals surface area contributed by atoms with Crippen LogP contribution in [0.3, 0.4) is 0 Å². The first kappa shape index (κ1) is 30.7. The summed E-state index contributed by atoms with van der Waals surface area (Å²) in [6.07, 6.45) is 4.31. The van der Waals surface area contributed by atoms with Crippen LogP contribution in [0.1, 0.15) is 55.9 Å². The van der Waals surface area contributed by atoms with Crippen molar-refractivity contribution in [1.29, 1.82) is 5.26 Å². The van der Waals surface area contributed by atoms with Gasteiger partial charge in [0.1, 0.15) is 21.8 Å². The summed E-state index contributed by atoms with van der Waals surface area (Å²) in [5.41, 5.74) is 2.19. The third-order valence-electron chi connectivity index (χ3n) is 7.68. The molecule has 218 valence electrons. The van der Waals surface area contributed by atoms with Crippen LogP contribution in [-0.2, 0) is 17.8 Å². The second kappa shape index (κ2) is 13.1. The van der Waals surface area contributed by atoms with Gasteiger partial charge in [-0.25, -0.2) is 0 Å². The molecule has 8 nitrogen and oxygen atoms in total. The maximum Gasteiger partial charge on any atom is 0.270 e. The molecule has 2 aliphatic rings. The molecule has 0 aliphatic carbocycles. The van der Waals surface area contributed by atoms with Gasteiger partial charge in [-0.15, -0.1) is 0 Å². The zero-order valence-electron chi connectivity index (χ0n) is 24.7. The Morgan fingerprint density at radius 2 is 1.80 bits per heavy atom. The summed E-state index contributed by atoms with van der Waals surface area (Å²) in [4.78, 5) is 31.5. The van der Waals surface area contributed by atoms with E-state index < -0.39 is 0 Å². The smallest absolute Gasteiger partial charge is 0.270 e. The number of pyridine rings is 1. The van der Waals surface area contributed by atoms with Gasteiger partial charge in [-0.1, -0.05) is 50.8 Å². The molecule has 0 radical (unpaired) electrons. The van der Waals surface area contributed by atoms with E-state index in [-0.39, 0.29) is 17.0 Å². The molecule has 0 saturated carbocycles. The van der Waals surface area contributed by atoms with Gasteiger partial charge in [0, 0.05) is 31.7 Å². The lowest BCUT2D eigenvalue weighted by atomic mass is 9.91. The average Bonchev–Trinajstić information content (AvgIpc) is 3.21. The van der Waals surface area contributed by atoms with Crippen LogP contribution in [0.25, 0.3) is 6.08 Å². The monoisotopic (exact) mass is 594 g/mol. The number of ether oxygens (including phenoxy) is 2. The van der Waals surface area contributed by atoms with Crippen molar-refractivity contribution in [2.45, 2.75) is 53.5 Å². The highest BCUT2D eigenvalue weighted by atomic mass is 32.2. The van der Waals surface area contributed by atoms with Crippen molar-refractivity contribution in [3.63, 3.8) is 0 Å². The third kappa shape index (κ3) is 6.31. The zero-order valence-corrected chi connectivity index (χ0v) is 26.3. The minimum atomic E-state index is -0.271.